The summed E-state index contributed by atoms with van der Waals surface area (Å²) in [6, 6.07) is 8.46. The third-order valence-electron chi connectivity index (χ3n) is 4.18. The van der Waals surface area contributed by atoms with Crippen LogP contribution in [-0.4, -0.2) is 14.9 Å². The molecular formula is C17H25BrN2. The number of aryl methyl sites for hydroxylation is 1. The number of rotatable bonds is 7. The Kier molecular flexibility index (Phi) is 5.25. The Morgan fingerprint density at radius 2 is 1.80 bits per heavy atom. The molecule has 0 aliphatic rings. The van der Waals surface area contributed by atoms with Gasteiger partial charge < -0.3 is 4.57 Å². The maximum Gasteiger partial charge on any atom is 0.106 e. The van der Waals surface area contributed by atoms with Crippen molar-refractivity contribution in [2.24, 2.45) is 5.41 Å². The average Bonchev–Trinajstić information content (AvgIpc) is 2.75. The minimum absolute atomic E-state index is 0.345. The van der Waals surface area contributed by atoms with Gasteiger partial charge in [0.25, 0.3) is 0 Å². The first kappa shape index (κ1) is 15.6. The van der Waals surface area contributed by atoms with Gasteiger partial charge in [-0.3, -0.25) is 0 Å². The molecule has 3 heteroatoms. The highest BCUT2D eigenvalue weighted by atomic mass is 79.9. The van der Waals surface area contributed by atoms with E-state index >= 15 is 0 Å². The zero-order valence-corrected chi connectivity index (χ0v) is 14.4. The Bertz CT molecular complexity index is 553. The summed E-state index contributed by atoms with van der Waals surface area (Å²) in [6.07, 6.45) is 4.99. The highest BCUT2D eigenvalue weighted by Gasteiger charge is 2.28. The molecule has 0 bridgehead atoms. The molecule has 20 heavy (non-hydrogen) atoms. The molecule has 2 rings (SSSR count). The van der Waals surface area contributed by atoms with E-state index < -0.39 is 0 Å². The van der Waals surface area contributed by atoms with Crippen LogP contribution in [0, 0.1) is 12.3 Å². The van der Waals surface area contributed by atoms with Crippen LogP contribution >= 0.6 is 15.9 Å². The smallest absolute Gasteiger partial charge is 0.106 e. The monoisotopic (exact) mass is 336 g/mol. The summed E-state index contributed by atoms with van der Waals surface area (Å²) in [5, 5.41) is 1.06. The van der Waals surface area contributed by atoms with Crippen LogP contribution in [0.3, 0.4) is 0 Å². The van der Waals surface area contributed by atoms with Gasteiger partial charge in [-0.15, -0.1) is 0 Å². The standard InChI is InChI=1S/C17H25BrN2/c1-4-10-17(12-18,11-5-2)13-20-14(3)19-15-8-6-7-9-16(15)20/h6-9H,4-5,10-13H2,1-3H3. The Balaban J connectivity index is 2.39. The molecule has 0 atom stereocenters. The fourth-order valence-electron chi connectivity index (χ4n) is 3.25. The van der Waals surface area contributed by atoms with E-state index in [1.54, 1.807) is 0 Å². The lowest BCUT2D eigenvalue weighted by Gasteiger charge is -2.32. The van der Waals surface area contributed by atoms with Crippen molar-refractivity contribution in [2.75, 3.05) is 5.33 Å². The molecule has 0 spiro atoms. The second kappa shape index (κ2) is 6.75. The van der Waals surface area contributed by atoms with Gasteiger partial charge >= 0.3 is 0 Å². The average molecular weight is 337 g/mol. The molecule has 0 amide bonds. The van der Waals surface area contributed by atoms with Crippen molar-refractivity contribution in [3.63, 3.8) is 0 Å². The van der Waals surface area contributed by atoms with Crippen molar-refractivity contribution >= 4 is 27.0 Å². The molecule has 0 saturated carbocycles. The highest BCUT2D eigenvalue weighted by molar-refractivity contribution is 9.09. The van der Waals surface area contributed by atoms with Gasteiger partial charge in [0, 0.05) is 11.9 Å². The maximum atomic E-state index is 4.70. The molecule has 0 radical (unpaired) electrons. The van der Waals surface area contributed by atoms with Crippen molar-refractivity contribution in [3.05, 3.63) is 30.1 Å². The number of benzene rings is 1. The fraction of sp³-hybridized carbons (Fsp3) is 0.588. The minimum atomic E-state index is 0.345. The molecule has 0 saturated heterocycles. The first-order chi connectivity index (χ1) is 9.65. The van der Waals surface area contributed by atoms with E-state index in [2.05, 4.69) is 65.5 Å². The van der Waals surface area contributed by atoms with Crippen LogP contribution in [0.25, 0.3) is 11.0 Å². The predicted molar refractivity (Wildman–Crippen MR) is 90.5 cm³/mol. The van der Waals surface area contributed by atoms with Gasteiger partial charge in [-0.1, -0.05) is 54.8 Å². The second-order valence-electron chi connectivity index (χ2n) is 5.87. The number of fused-ring (bicyclic) bond motifs is 1. The van der Waals surface area contributed by atoms with Gasteiger partial charge in [0.1, 0.15) is 5.82 Å². The largest absolute Gasteiger partial charge is 0.328 e. The molecule has 0 N–H and O–H groups in total. The third-order valence-corrected chi connectivity index (χ3v) is 5.37. The number of halogens is 1. The molecule has 1 aromatic heterocycles. The van der Waals surface area contributed by atoms with Gasteiger partial charge in [-0.2, -0.15) is 0 Å². The number of alkyl halides is 1. The lowest BCUT2D eigenvalue weighted by molar-refractivity contribution is 0.234. The number of imidazole rings is 1. The van der Waals surface area contributed by atoms with Gasteiger partial charge in [-0.05, 0) is 37.3 Å². The molecule has 0 aliphatic carbocycles. The van der Waals surface area contributed by atoms with E-state index in [-0.39, 0.29) is 0 Å². The van der Waals surface area contributed by atoms with Crippen LogP contribution in [0.1, 0.15) is 45.4 Å². The summed E-state index contributed by atoms with van der Waals surface area (Å²) in [5.41, 5.74) is 2.72. The van der Waals surface area contributed by atoms with Crippen LogP contribution in [0.5, 0.6) is 0 Å². The maximum absolute atomic E-state index is 4.70. The molecule has 2 nitrogen and oxygen atoms in total. The second-order valence-corrected chi connectivity index (χ2v) is 6.43. The Morgan fingerprint density at radius 1 is 1.15 bits per heavy atom. The Hall–Kier alpha value is -0.830. The molecule has 1 aromatic carbocycles. The lowest BCUT2D eigenvalue weighted by atomic mass is 9.81. The van der Waals surface area contributed by atoms with E-state index in [9.17, 15) is 0 Å². The van der Waals surface area contributed by atoms with E-state index in [0.29, 0.717) is 5.41 Å². The van der Waals surface area contributed by atoms with Crippen LogP contribution < -0.4 is 0 Å². The summed E-state index contributed by atoms with van der Waals surface area (Å²) in [6.45, 7) is 7.75. The first-order valence-corrected chi connectivity index (χ1v) is 8.76. The number of hydrogen-bond acceptors (Lipinski definition) is 1. The third kappa shape index (κ3) is 3.08. The van der Waals surface area contributed by atoms with Crippen molar-refractivity contribution in [1.29, 1.82) is 0 Å². The zero-order valence-electron chi connectivity index (χ0n) is 12.8. The molecule has 0 aliphatic heterocycles. The van der Waals surface area contributed by atoms with Gasteiger partial charge in [0.15, 0.2) is 0 Å². The summed E-state index contributed by atoms with van der Waals surface area (Å²) in [5.74, 6) is 1.13. The van der Waals surface area contributed by atoms with Gasteiger partial charge in [0.05, 0.1) is 11.0 Å². The zero-order chi connectivity index (χ0) is 14.6. The normalized spacial score (nSPS) is 12.2. The molecule has 110 valence electrons. The highest BCUT2D eigenvalue weighted by Crippen LogP contribution is 2.35. The van der Waals surface area contributed by atoms with Gasteiger partial charge in [-0.25, -0.2) is 4.98 Å². The summed E-state index contributed by atoms with van der Waals surface area (Å²) in [4.78, 5) is 4.70. The topological polar surface area (TPSA) is 17.8 Å². The molecule has 0 unspecified atom stereocenters. The Labute approximate surface area is 130 Å². The Morgan fingerprint density at radius 3 is 2.40 bits per heavy atom. The number of nitrogens with zero attached hydrogens (tertiary/aromatic N) is 2. The van der Waals surface area contributed by atoms with E-state index in [4.69, 9.17) is 4.98 Å². The van der Waals surface area contributed by atoms with E-state index in [1.807, 2.05) is 0 Å². The number of hydrogen-bond donors (Lipinski definition) is 0. The van der Waals surface area contributed by atoms with Crippen molar-refractivity contribution < 1.29 is 0 Å². The van der Waals surface area contributed by atoms with Crippen LogP contribution in [-0.2, 0) is 6.54 Å². The van der Waals surface area contributed by atoms with E-state index in [1.165, 1.54) is 31.2 Å². The minimum Gasteiger partial charge on any atom is -0.328 e. The quantitative estimate of drug-likeness (QED) is 0.625. The lowest BCUT2D eigenvalue weighted by Crippen LogP contribution is -2.29. The SMILES string of the molecule is CCCC(CBr)(CCC)Cn1c(C)nc2ccccc21. The fourth-order valence-corrected chi connectivity index (χ4v) is 3.99. The predicted octanol–water partition coefficient (Wildman–Crippen LogP) is 5.33. The summed E-state index contributed by atoms with van der Waals surface area (Å²) in [7, 11) is 0. The van der Waals surface area contributed by atoms with Crippen molar-refractivity contribution in [3.8, 4) is 0 Å². The first-order valence-electron chi connectivity index (χ1n) is 7.63. The molecule has 1 heterocycles. The summed E-state index contributed by atoms with van der Waals surface area (Å²) < 4.78 is 2.40. The van der Waals surface area contributed by atoms with E-state index in [0.717, 1.165) is 23.2 Å². The summed E-state index contributed by atoms with van der Waals surface area (Å²) >= 11 is 3.78. The van der Waals surface area contributed by atoms with Gasteiger partial charge in [0.2, 0.25) is 0 Å². The van der Waals surface area contributed by atoms with Crippen LogP contribution in [0.4, 0.5) is 0 Å². The number of para-hydroxylation sites is 2. The van der Waals surface area contributed by atoms with Crippen molar-refractivity contribution in [1.82, 2.24) is 9.55 Å². The van der Waals surface area contributed by atoms with Crippen molar-refractivity contribution in [2.45, 2.75) is 53.0 Å². The number of aromatic nitrogens is 2. The molecular weight excluding hydrogens is 312 g/mol. The molecule has 2 aromatic rings. The van der Waals surface area contributed by atoms with Crippen LogP contribution in [0.2, 0.25) is 0 Å². The van der Waals surface area contributed by atoms with Crippen LogP contribution in [0.15, 0.2) is 24.3 Å². The molecule has 0 fully saturated rings.